The van der Waals surface area contributed by atoms with Crippen LogP contribution in [0.3, 0.4) is 0 Å². The maximum Gasteiger partial charge on any atom is 0.261 e. The molecule has 1 rings (SSSR count). The van der Waals surface area contributed by atoms with Crippen molar-refractivity contribution in [2.45, 2.75) is 6.42 Å². The number of ether oxygens (including phenoxy) is 3. The molecular weight excluding hydrogens is 308 g/mol. The Kier molecular flexibility index (Phi) is 8.72. The van der Waals surface area contributed by atoms with Crippen molar-refractivity contribution in [2.75, 3.05) is 34.0 Å². The molecule has 0 saturated heterocycles. The number of carbonyl (C=O) groups excluding carboxylic acids is 1. The van der Waals surface area contributed by atoms with Gasteiger partial charge in [-0.15, -0.1) is 0 Å². The predicted octanol–water partition coefficient (Wildman–Crippen LogP) is 2.32. The highest BCUT2D eigenvalue weighted by Gasteiger charge is 2.10. The molecule has 0 aromatic heterocycles. The van der Waals surface area contributed by atoms with E-state index < -0.39 is 5.91 Å². The Bertz CT molecular complexity index is 632. The summed E-state index contributed by atoms with van der Waals surface area (Å²) in [5.74, 6) is 0.667. The highest BCUT2D eigenvalue weighted by molar-refractivity contribution is 6.01. The number of nitriles is 1. The molecule has 1 N–H and O–H groups in total. The molecule has 0 aliphatic heterocycles. The second-order valence-electron chi connectivity index (χ2n) is 4.78. The van der Waals surface area contributed by atoms with E-state index in [4.69, 9.17) is 14.2 Å². The number of rotatable bonds is 10. The summed E-state index contributed by atoms with van der Waals surface area (Å²) in [5, 5.41) is 11.9. The molecule has 0 unspecified atom stereocenters. The van der Waals surface area contributed by atoms with Crippen LogP contribution in [0.4, 0.5) is 0 Å². The number of hydrogen-bond donors (Lipinski definition) is 1. The van der Waals surface area contributed by atoms with Gasteiger partial charge in [-0.05, 0) is 30.2 Å². The maximum absolute atomic E-state index is 12.0. The van der Waals surface area contributed by atoms with E-state index >= 15 is 0 Å². The summed E-state index contributed by atoms with van der Waals surface area (Å²) >= 11 is 0. The smallest absolute Gasteiger partial charge is 0.261 e. The lowest BCUT2D eigenvalue weighted by molar-refractivity contribution is -0.117. The van der Waals surface area contributed by atoms with Gasteiger partial charge in [-0.2, -0.15) is 5.26 Å². The van der Waals surface area contributed by atoms with Crippen LogP contribution in [0.1, 0.15) is 12.0 Å². The topological polar surface area (TPSA) is 80.6 Å². The van der Waals surface area contributed by atoms with E-state index in [0.29, 0.717) is 43.2 Å². The van der Waals surface area contributed by atoms with Crippen LogP contribution >= 0.6 is 0 Å². The molecule has 0 aliphatic carbocycles. The van der Waals surface area contributed by atoms with Gasteiger partial charge in [0.05, 0.1) is 7.11 Å². The Morgan fingerprint density at radius 3 is 2.79 bits per heavy atom. The van der Waals surface area contributed by atoms with Crippen LogP contribution in [0.15, 0.2) is 36.4 Å². The fourth-order valence-electron chi connectivity index (χ4n) is 1.87. The van der Waals surface area contributed by atoms with E-state index in [1.54, 1.807) is 31.4 Å². The van der Waals surface area contributed by atoms with Gasteiger partial charge in [-0.1, -0.05) is 18.7 Å². The minimum Gasteiger partial charge on any atom is -0.493 e. The van der Waals surface area contributed by atoms with Gasteiger partial charge in [-0.25, -0.2) is 0 Å². The Labute approximate surface area is 142 Å². The molecule has 24 heavy (non-hydrogen) atoms. The molecule has 0 fully saturated rings. The maximum atomic E-state index is 12.0. The zero-order valence-electron chi connectivity index (χ0n) is 14.0. The van der Waals surface area contributed by atoms with Gasteiger partial charge in [-0.3, -0.25) is 4.79 Å². The molecule has 0 radical (unpaired) electrons. The van der Waals surface area contributed by atoms with Crippen molar-refractivity contribution < 1.29 is 19.0 Å². The third-order valence-electron chi connectivity index (χ3n) is 3.03. The van der Waals surface area contributed by atoms with E-state index in [2.05, 4.69) is 11.9 Å². The number of nitrogens with one attached hydrogen (secondary N) is 1. The lowest BCUT2D eigenvalue weighted by Gasteiger charge is -2.10. The van der Waals surface area contributed by atoms with Crippen LogP contribution in [0, 0.1) is 11.3 Å². The fourth-order valence-corrected chi connectivity index (χ4v) is 1.87. The highest BCUT2D eigenvalue weighted by Crippen LogP contribution is 2.28. The van der Waals surface area contributed by atoms with Crippen LogP contribution in [0.5, 0.6) is 11.5 Å². The average Bonchev–Trinajstić information content (AvgIpc) is 2.61. The normalized spacial score (nSPS) is 10.6. The number of nitrogens with zero attached hydrogens (tertiary/aromatic N) is 1. The number of carbonyl (C=O) groups is 1. The summed E-state index contributed by atoms with van der Waals surface area (Å²) in [6.07, 6.45) is 3.82. The Morgan fingerprint density at radius 2 is 2.17 bits per heavy atom. The van der Waals surface area contributed by atoms with Gasteiger partial charge < -0.3 is 19.5 Å². The van der Waals surface area contributed by atoms with Crippen molar-refractivity contribution in [3.63, 3.8) is 0 Å². The monoisotopic (exact) mass is 330 g/mol. The summed E-state index contributed by atoms with van der Waals surface area (Å²) < 4.78 is 15.6. The molecule has 0 saturated carbocycles. The van der Waals surface area contributed by atoms with Crippen molar-refractivity contribution >= 4 is 12.0 Å². The molecule has 0 atom stereocenters. The van der Waals surface area contributed by atoms with E-state index in [1.165, 1.54) is 13.2 Å². The number of hydrogen-bond acceptors (Lipinski definition) is 5. The zero-order chi connectivity index (χ0) is 17.8. The number of amides is 1. The second kappa shape index (κ2) is 10.9. The SMILES string of the molecule is C=CCOc1ccc(C=C(C#N)C(=O)NCCCOC)cc1OC. The molecule has 1 aromatic carbocycles. The van der Waals surface area contributed by atoms with Crippen LogP contribution in [0.2, 0.25) is 0 Å². The van der Waals surface area contributed by atoms with Gasteiger partial charge in [0.25, 0.3) is 5.91 Å². The quantitative estimate of drug-likeness (QED) is 0.308. The third-order valence-corrected chi connectivity index (χ3v) is 3.03. The Balaban J connectivity index is 2.86. The number of methoxy groups -OCH3 is 2. The summed E-state index contributed by atoms with van der Waals surface area (Å²) in [6.45, 7) is 4.95. The van der Waals surface area contributed by atoms with Gasteiger partial charge >= 0.3 is 0 Å². The van der Waals surface area contributed by atoms with Crippen molar-refractivity contribution in [2.24, 2.45) is 0 Å². The van der Waals surface area contributed by atoms with E-state index in [9.17, 15) is 10.1 Å². The highest BCUT2D eigenvalue weighted by atomic mass is 16.5. The first-order valence-corrected chi connectivity index (χ1v) is 7.47. The van der Waals surface area contributed by atoms with Crippen molar-refractivity contribution in [1.82, 2.24) is 5.32 Å². The molecule has 128 valence electrons. The summed E-state index contributed by atoms with van der Waals surface area (Å²) in [6, 6.07) is 7.08. The molecule has 1 aromatic rings. The molecule has 0 spiro atoms. The van der Waals surface area contributed by atoms with Gasteiger partial charge in [0.2, 0.25) is 0 Å². The van der Waals surface area contributed by atoms with Gasteiger partial charge in [0.1, 0.15) is 18.2 Å². The molecule has 0 bridgehead atoms. The minimum absolute atomic E-state index is 0.0224. The third kappa shape index (κ3) is 6.15. The average molecular weight is 330 g/mol. The fraction of sp³-hybridized carbons (Fsp3) is 0.333. The summed E-state index contributed by atoms with van der Waals surface area (Å²) in [5.41, 5.74) is 0.690. The first kappa shape index (κ1) is 19.3. The Hall–Kier alpha value is -2.78. The van der Waals surface area contributed by atoms with Crippen LogP contribution < -0.4 is 14.8 Å². The van der Waals surface area contributed by atoms with Crippen molar-refractivity contribution in [3.05, 3.63) is 42.0 Å². The van der Waals surface area contributed by atoms with Crippen LogP contribution in [-0.4, -0.2) is 39.9 Å². The van der Waals surface area contributed by atoms with Crippen molar-refractivity contribution in [1.29, 1.82) is 5.26 Å². The van der Waals surface area contributed by atoms with E-state index in [-0.39, 0.29) is 5.57 Å². The summed E-state index contributed by atoms with van der Waals surface area (Å²) in [7, 11) is 3.12. The molecule has 0 heterocycles. The van der Waals surface area contributed by atoms with Crippen molar-refractivity contribution in [3.8, 4) is 17.6 Å². The standard InChI is InChI=1S/C18H22N2O4/c1-4-9-24-16-7-6-14(12-17(16)23-3)11-15(13-19)18(21)20-8-5-10-22-2/h4,6-7,11-12H,1,5,8-10H2,2-3H3,(H,20,21). The van der Waals surface area contributed by atoms with E-state index in [1.807, 2.05) is 6.07 Å². The molecule has 6 nitrogen and oxygen atoms in total. The largest absolute Gasteiger partial charge is 0.493 e. The number of benzene rings is 1. The first-order valence-electron chi connectivity index (χ1n) is 7.47. The summed E-state index contributed by atoms with van der Waals surface area (Å²) in [4.78, 5) is 12.0. The van der Waals surface area contributed by atoms with Gasteiger partial charge in [0.15, 0.2) is 11.5 Å². The second-order valence-corrected chi connectivity index (χ2v) is 4.78. The molecular formula is C18H22N2O4. The molecule has 0 aliphatic rings. The van der Waals surface area contributed by atoms with Crippen LogP contribution in [-0.2, 0) is 9.53 Å². The van der Waals surface area contributed by atoms with Crippen LogP contribution in [0.25, 0.3) is 6.08 Å². The Morgan fingerprint density at radius 1 is 1.38 bits per heavy atom. The zero-order valence-corrected chi connectivity index (χ0v) is 14.0. The van der Waals surface area contributed by atoms with Gasteiger partial charge in [0, 0.05) is 20.3 Å². The predicted molar refractivity (Wildman–Crippen MR) is 91.8 cm³/mol. The lowest BCUT2D eigenvalue weighted by atomic mass is 10.1. The molecule has 1 amide bonds. The molecule has 6 heteroatoms. The first-order chi connectivity index (χ1) is 11.7. The van der Waals surface area contributed by atoms with E-state index in [0.717, 1.165) is 0 Å². The lowest BCUT2D eigenvalue weighted by Crippen LogP contribution is -2.26. The minimum atomic E-state index is -0.417.